The quantitative estimate of drug-likeness (QED) is 0.0317. The molecule has 2 aromatic heterocycles. The molecule has 0 amide bonds. The number of hydrogen-bond acceptors (Lipinski definition) is 9. The number of unbranched alkanes of at least 4 members (excludes halogenated alkanes) is 28. The molecule has 0 unspecified atom stereocenters. The molecule has 0 aliphatic heterocycles. The summed E-state index contributed by atoms with van der Waals surface area (Å²) in [5.41, 5.74) is 6.78. The molecule has 0 fully saturated rings. The number of aliphatic hydroxyl groups is 4. The molecule has 0 aromatic carbocycles. The maximum atomic E-state index is 9.76. The number of carbonyl (C=O) groups is 1. The molecule has 3 atom stereocenters. The molecule has 0 aliphatic rings. The molecular weight excluding hydrogens is 642 g/mol. The van der Waals surface area contributed by atoms with Gasteiger partial charge in [0.25, 0.3) is 0 Å². The molecule has 0 bridgehead atoms. The van der Waals surface area contributed by atoms with Crippen LogP contribution in [-0.4, -0.2) is 71.6 Å². The van der Waals surface area contributed by atoms with E-state index < -0.39 is 24.9 Å². The van der Waals surface area contributed by atoms with Gasteiger partial charge in [-0.3, -0.25) is 0 Å². The minimum atomic E-state index is -1.64. The van der Waals surface area contributed by atoms with Crippen LogP contribution in [0, 0.1) is 0 Å². The van der Waals surface area contributed by atoms with Crippen LogP contribution >= 0.6 is 0 Å². The first-order valence-corrected chi connectivity index (χ1v) is 20.9. The van der Waals surface area contributed by atoms with Crippen molar-refractivity contribution >= 4 is 23.3 Å². The Morgan fingerprint density at radius 2 is 0.922 bits per heavy atom. The Hall–Kier alpha value is -2.14. The van der Waals surface area contributed by atoms with Crippen LogP contribution in [0.25, 0.3) is 11.2 Å². The number of nitrogen functional groups attached to an aromatic ring is 1. The molecule has 0 saturated carbocycles. The maximum Gasteiger partial charge on any atom is 0.182 e. The summed E-state index contributed by atoms with van der Waals surface area (Å²) in [6, 6.07) is 0. The van der Waals surface area contributed by atoms with Gasteiger partial charge in [0.1, 0.15) is 30.2 Å². The second-order valence-corrected chi connectivity index (χ2v) is 14.3. The summed E-state index contributed by atoms with van der Waals surface area (Å²) in [5.74, 6) is 0.433. The van der Waals surface area contributed by atoms with Gasteiger partial charge in [-0.25, -0.2) is 15.0 Å². The van der Waals surface area contributed by atoms with Crippen molar-refractivity contribution in [2.75, 3.05) is 12.3 Å². The van der Waals surface area contributed by atoms with Gasteiger partial charge >= 0.3 is 0 Å². The standard InChI is InChI=1S/C31H64.C5H5N5.C5H10O5/c1-3-5-7-9-11-13-15-17-19-21-23-25-27-29-31-30-28-26-24-22-20-18-16-14-12-10-8-6-4-2;6-4-3-5(9-1-7-3)10-2-8-4;6-1-3(8)5(10)4(9)2-7/h3-31H2,1-2H3;1-2H,(H3,6,7,8,9,10);1,3-5,7-10H,2H2/t;;3-,4+,5-/m..0/s1. The highest BCUT2D eigenvalue weighted by atomic mass is 16.4. The highest BCUT2D eigenvalue weighted by Gasteiger charge is 2.22. The Morgan fingerprint density at radius 1 is 0.588 bits per heavy atom. The number of nitrogens with zero attached hydrogens (tertiary/aromatic N) is 3. The highest BCUT2D eigenvalue weighted by Crippen LogP contribution is 2.16. The van der Waals surface area contributed by atoms with Crippen LogP contribution in [0.5, 0.6) is 0 Å². The first-order chi connectivity index (χ1) is 24.9. The van der Waals surface area contributed by atoms with Gasteiger partial charge in [0.05, 0.1) is 12.9 Å². The third-order valence-electron chi connectivity index (χ3n) is 9.53. The van der Waals surface area contributed by atoms with Gasteiger partial charge in [0, 0.05) is 0 Å². The molecule has 10 nitrogen and oxygen atoms in total. The average molecular weight is 722 g/mol. The predicted molar refractivity (Wildman–Crippen MR) is 213 cm³/mol. The fraction of sp³-hybridized carbons (Fsp3) is 0.854. The van der Waals surface area contributed by atoms with E-state index in [1.165, 1.54) is 199 Å². The zero-order valence-corrected chi connectivity index (χ0v) is 32.8. The number of aromatic amines is 1. The number of carbonyl (C=O) groups excluding carboxylic acids is 1. The highest BCUT2D eigenvalue weighted by molar-refractivity contribution is 5.80. The lowest BCUT2D eigenvalue weighted by atomic mass is 10.0. The number of aromatic nitrogens is 4. The Labute approximate surface area is 311 Å². The van der Waals surface area contributed by atoms with Gasteiger partial charge < -0.3 is 35.9 Å². The first-order valence-electron chi connectivity index (χ1n) is 20.9. The van der Waals surface area contributed by atoms with E-state index in [9.17, 15) is 4.79 Å². The van der Waals surface area contributed by atoms with E-state index in [0.717, 1.165) is 0 Å². The minimum Gasteiger partial charge on any atom is -0.394 e. The third kappa shape index (κ3) is 30.1. The molecule has 0 saturated heterocycles. The fourth-order valence-corrected chi connectivity index (χ4v) is 6.12. The monoisotopic (exact) mass is 722 g/mol. The van der Waals surface area contributed by atoms with Crippen LogP contribution in [0.15, 0.2) is 12.7 Å². The zero-order chi connectivity index (χ0) is 37.6. The van der Waals surface area contributed by atoms with Crippen LogP contribution in [0.4, 0.5) is 5.82 Å². The van der Waals surface area contributed by atoms with Gasteiger partial charge in [-0.05, 0) is 0 Å². The lowest BCUT2D eigenvalue weighted by molar-refractivity contribution is -0.127. The van der Waals surface area contributed by atoms with Crippen molar-refractivity contribution in [3.63, 3.8) is 0 Å². The van der Waals surface area contributed by atoms with Crippen molar-refractivity contribution in [3.05, 3.63) is 12.7 Å². The third-order valence-corrected chi connectivity index (χ3v) is 9.53. The number of fused-ring (bicyclic) bond motifs is 1. The first kappa shape index (κ1) is 48.9. The van der Waals surface area contributed by atoms with Crippen molar-refractivity contribution in [2.24, 2.45) is 0 Å². The van der Waals surface area contributed by atoms with Crippen molar-refractivity contribution in [2.45, 2.75) is 218 Å². The molecule has 2 rings (SSSR count). The maximum absolute atomic E-state index is 9.76. The van der Waals surface area contributed by atoms with Crippen molar-refractivity contribution in [3.8, 4) is 0 Å². The topological polar surface area (TPSA) is 178 Å². The summed E-state index contributed by atoms with van der Waals surface area (Å²) in [6.45, 7) is 3.92. The molecule has 51 heavy (non-hydrogen) atoms. The van der Waals surface area contributed by atoms with Gasteiger partial charge in [-0.15, -0.1) is 0 Å². The van der Waals surface area contributed by atoms with Crippen LogP contribution in [-0.2, 0) is 4.79 Å². The van der Waals surface area contributed by atoms with Crippen molar-refractivity contribution in [1.82, 2.24) is 19.9 Å². The molecule has 2 aromatic rings. The van der Waals surface area contributed by atoms with E-state index in [1.807, 2.05) is 0 Å². The lowest BCUT2D eigenvalue weighted by Crippen LogP contribution is -2.40. The van der Waals surface area contributed by atoms with E-state index in [4.69, 9.17) is 26.2 Å². The Kier molecular flexibility index (Phi) is 36.0. The summed E-state index contributed by atoms with van der Waals surface area (Å²) >= 11 is 0. The molecular formula is C41H79N5O5. The van der Waals surface area contributed by atoms with E-state index in [2.05, 4.69) is 33.8 Å². The van der Waals surface area contributed by atoms with E-state index in [-0.39, 0.29) is 6.29 Å². The summed E-state index contributed by atoms with van der Waals surface area (Å²) < 4.78 is 0. The van der Waals surface area contributed by atoms with Crippen LogP contribution in [0.3, 0.4) is 0 Å². The van der Waals surface area contributed by atoms with Crippen molar-refractivity contribution < 1.29 is 25.2 Å². The second kappa shape index (κ2) is 37.6. The summed E-state index contributed by atoms with van der Waals surface area (Å²) in [4.78, 5) is 24.1. The Bertz CT molecular complexity index is 966. The number of anilines is 1. The van der Waals surface area contributed by atoms with Gasteiger partial charge in [0.15, 0.2) is 17.8 Å². The number of aliphatic hydroxyl groups excluding tert-OH is 4. The number of aldehydes is 1. The van der Waals surface area contributed by atoms with E-state index in [0.29, 0.717) is 17.0 Å². The van der Waals surface area contributed by atoms with Gasteiger partial charge in [0.2, 0.25) is 0 Å². The average Bonchev–Trinajstić information content (AvgIpc) is 3.64. The second-order valence-electron chi connectivity index (χ2n) is 14.3. The number of H-pyrrole nitrogens is 1. The Balaban J connectivity index is 0.000000994. The molecule has 0 spiro atoms. The number of rotatable bonds is 32. The minimum absolute atomic E-state index is 0.0869. The van der Waals surface area contributed by atoms with Crippen LogP contribution in [0.1, 0.15) is 200 Å². The van der Waals surface area contributed by atoms with Crippen molar-refractivity contribution in [1.29, 1.82) is 0 Å². The number of nitrogens with two attached hydrogens (primary N) is 1. The zero-order valence-electron chi connectivity index (χ0n) is 32.8. The number of imidazole rings is 1. The molecule has 0 aliphatic carbocycles. The van der Waals surface area contributed by atoms with Gasteiger partial charge in [-0.2, -0.15) is 0 Å². The molecule has 2 heterocycles. The van der Waals surface area contributed by atoms with Gasteiger partial charge in [-0.1, -0.05) is 200 Å². The van der Waals surface area contributed by atoms with E-state index >= 15 is 0 Å². The largest absolute Gasteiger partial charge is 0.394 e. The molecule has 298 valence electrons. The molecule has 10 heteroatoms. The SMILES string of the molecule is CCCCCCCCCCCCCCCCCCCCCCCCCCCCCCC.Nc1ncnc2nc[nH]c12.O=C[C@H](O)[C@H](O)[C@H](O)CO. The number of nitrogens with one attached hydrogen (secondary N) is 1. The normalized spacial score (nSPS) is 12.8. The van der Waals surface area contributed by atoms with E-state index in [1.54, 1.807) is 0 Å². The van der Waals surface area contributed by atoms with Crippen LogP contribution < -0.4 is 5.73 Å². The molecule has 0 radical (unpaired) electrons. The lowest BCUT2D eigenvalue weighted by Gasteiger charge is -2.16. The predicted octanol–water partition coefficient (Wildman–Crippen LogP) is 9.53. The Morgan fingerprint density at radius 3 is 1.20 bits per heavy atom. The smallest absolute Gasteiger partial charge is 0.182 e. The van der Waals surface area contributed by atoms with Crippen LogP contribution in [0.2, 0.25) is 0 Å². The molecule has 7 N–H and O–H groups in total. The number of hydrogen-bond donors (Lipinski definition) is 6. The summed E-state index contributed by atoms with van der Waals surface area (Å²) in [6.07, 6.45) is 41.2. The summed E-state index contributed by atoms with van der Waals surface area (Å²) in [7, 11) is 0. The fourth-order valence-electron chi connectivity index (χ4n) is 6.12. The summed E-state index contributed by atoms with van der Waals surface area (Å²) in [5, 5.41) is 34.1.